The van der Waals surface area contributed by atoms with Crippen molar-refractivity contribution in [1.82, 2.24) is 0 Å². The fraction of sp³-hybridized carbons (Fsp3) is 0.316. The number of halogens is 2. The number of benzene rings is 2. The van der Waals surface area contributed by atoms with E-state index in [1.54, 1.807) is 12.1 Å². The van der Waals surface area contributed by atoms with Gasteiger partial charge in [-0.05, 0) is 44.0 Å². The van der Waals surface area contributed by atoms with Gasteiger partial charge in [0.2, 0.25) is 0 Å². The van der Waals surface area contributed by atoms with Crippen LogP contribution in [0.4, 0.5) is 10.1 Å². The summed E-state index contributed by atoms with van der Waals surface area (Å²) in [4.78, 5) is 13.2. The Hall–Kier alpha value is -1.91. The molecule has 0 aliphatic heterocycles. The number of quaternary nitrogens is 1. The molecular formula is C19H23ClFN2O+. The van der Waals surface area contributed by atoms with Gasteiger partial charge in [-0.1, -0.05) is 35.4 Å². The molecule has 0 spiro atoms. The minimum Gasteiger partial charge on any atom is -0.326 e. The highest BCUT2D eigenvalue weighted by Crippen LogP contribution is 2.21. The third kappa shape index (κ3) is 4.56. The molecule has 0 aromatic heterocycles. The van der Waals surface area contributed by atoms with E-state index < -0.39 is 0 Å². The van der Waals surface area contributed by atoms with Crippen molar-refractivity contribution >= 4 is 23.2 Å². The molecule has 2 aromatic rings. The molecule has 2 rings (SSSR count). The summed E-state index contributed by atoms with van der Waals surface area (Å²) in [7, 11) is 1.84. The van der Waals surface area contributed by atoms with Crippen molar-refractivity contribution in [3.05, 3.63) is 63.4 Å². The van der Waals surface area contributed by atoms with Gasteiger partial charge in [0.25, 0.3) is 5.91 Å². The molecule has 128 valence electrons. The van der Waals surface area contributed by atoms with Crippen molar-refractivity contribution < 1.29 is 14.1 Å². The zero-order valence-electron chi connectivity index (χ0n) is 14.5. The Morgan fingerprint density at radius 3 is 2.42 bits per heavy atom. The predicted octanol–water partition coefficient (Wildman–Crippen LogP) is 3.06. The molecule has 2 N–H and O–H groups in total. The number of carbonyl (C=O) groups is 1. The summed E-state index contributed by atoms with van der Waals surface area (Å²) >= 11 is 6.04. The van der Waals surface area contributed by atoms with Crippen LogP contribution in [0, 0.1) is 26.6 Å². The molecule has 0 saturated heterocycles. The van der Waals surface area contributed by atoms with Gasteiger partial charge >= 0.3 is 0 Å². The van der Waals surface area contributed by atoms with Crippen LogP contribution in [0.25, 0.3) is 0 Å². The van der Waals surface area contributed by atoms with Crippen LogP contribution >= 0.6 is 11.6 Å². The number of amides is 1. The second-order valence-electron chi connectivity index (χ2n) is 6.33. The fourth-order valence-corrected chi connectivity index (χ4v) is 3.13. The van der Waals surface area contributed by atoms with Gasteiger partial charge in [-0.2, -0.15) is 0 Å². The van der Waals surface area contributed by atoms with Crippen LogP contribution in [0.3, 0.4) is 0 Å². The van der Waals surface area contributed by atoms with Crippen molar-refractivity contribution in [3.8, 4) is 0 Å². The third-order valence-corrected chi connectivity index (χ3v) is 4.30. The second kappa shape index (κ2) is 7.77. The first-order valence-corrected chi connectivity index (χ1v) is 8.27. The topological polar surface area (TPSA) is 33.5 Å². The van der Waals surface area contributed by atoms with Gasteiger partial charge < -0.3 is 10.2 Å². The largest absolute Gasteiger partial charge is 0.326 e. The van der Waals surface area contributed by atoms with Crippen molar-refractivity contribution in [3.63, 3.8) is 0 Å². The van der Waals surface area contributed by atoms with E-state index >= 15 is 0 Å². The van der Waals surface area contributed by atoms with E-state index in [0.717, 1.165) is 21.7 Å². The summed E-state index contributed by atoms with van der Waals surface area (Å²) < 4.78 is 13.8. The fourth-order valence-electron chi connectivity index (χ4n) is 2.90. The number of hydrogen-bond donors (Lipinski definition) is 2. The molecule has 5 heteroatoms. The standard InChI is InChI=1S/C19H22ClFN2O/c1-12-8-13(2)19(14(3)9-12)22-18(24)11-23(4)10-15-16(20)6-5-7-17(15)21/h5-9H,10-11H2,1-4H3,(H,22,24)/p+1. The Kier molecular flexibility index (Phi) is 5.97. The van der Waals surface area contributed by atoms with Crippen molar-refractivity contribution in [2.75, 3.05) is 18.9 Å². The van der Waals surface area contributed by atoms with Crippen LogP contribution in [0.1, 0.15) is 22.3 Å². The van der Waals surface area contributed by atoms with Crippen LogP contribution in [0.15, 0.2) is 30.3 Å². The van der Waals surface area contributed by atoms with E-state index in [4.69, 9.17) is 11.6 Å². The lowest BCUT2D eigenvalue weighted by Crippen LogP contribution is -3.08. The summed E-state index contributed by atoms with van der Waals surface area (Å²) in [6.07, 6.45) is 0. The summed E-state index contributed by atoms with van der Waals surface area (Å²) in [6.45, 7) is 6.57. The van der Waals surface area contributed by atoms with Crippen LogP contribution in [-0.4, -0.2) is 19.5 Å². The molecule has 3 nitrogen and oxygen atoms in total. The number of likely N-dealkylation sites (N-methyl/N-ethyl adjacent to an activating group) is 1. The highest BCUT2D eigenvalue weighted by molar-refractivity contribution is 6.31. The van der Waals surface area contributed by atoms with E-state index in [2.05, 4.69) is 5.32 Å². The smallest absolute Gasteiger partial charge is 0.279 e. The van der Waals surface area contributed by atoms with Gasteiger partial charge in [-0.15, -0.1) is 0 Å². The lowest BCUT2D eigenvalue weighted by Gasteiger charge is -2.17. The van der Waals surface area contributed by atoms with Crippen LogP contribution in [0.5, 0.6) is 0 Å². The van der Waals surface area contributed by atoms with Gasteiger partial charge in [0.1, 0.15) is 12.4 Å². The summed E-state index contributed by atoms with van der Waals surface area (Å²) in [5.74, 6) is -0.442. The first kappa shape index (κ1) is 18.4. The average Bonchev–Trinajstić information content (AvgIpc) is 2.47. The zero-order valence-corrected chi connectivity index (χ0v) is 15.2. The highest BCUT2D eigenvalue weighted by Gasteiger charge is 2.16. The Bertz CT molecular complexity index is 718. The molecule has 0 aliphatic carbocycles. The summed E-state index contributed by atoms with van der Waals surface area (Å²) in [5.41, 5.74) is 4.53. The SMILES string of the molecule is Cc1cc(C)c(NC(=O)C[NH+](C)Cc2c(F)cccc2Cl)c(C)c1. The van der Waals surface area contributed by atoms with E-state index in [9.17, 15) is 9.18 Å². The number of aryl methyl sites for hydroxylation is 3. The Balaban J connectivity index is 2.02. The number of anilines is 1. The summed E-state index contributed by atoms with van der Waals surface area (Å²) in [6, 6.07) is 8.70. The Morgan fingerprint density at radius 1 is 1.21 bits per heavy atom. The molecule has 24 heavy (non-hydrogen) atoms. The molecule has 2 aromatic carbocycles. The van der Waals surface area contributed by atoms with Crippen LogP contribution < -0.4 is 10.2 Å². The monoisotopic (exact) mass is 349 g/mol. The number of hydrogen-bond acceptors (Lipinski definition) is 1. The van der Waals surface area contributed by atoms with E-state index in [1.165, 1.54) is 11.6 Å². The maximum Gasteiger partial charge on any atom is 0.279 e. The molecule has 0 radical (unpaired) electrons. The maximum atomic E-state index is 13.8. The second-order valence-corrected chi connectivity index (χ2v) is 6.74. The zero-order chi connectivity index (χ0) is 17.9. The highest BCUT2D eigenvalue weighted by atomic mass is 35.5. The van der Waals surface area contributed by atoms with Gasteiger partial charge in [0.05, 0.1) is 17.6 Å². The number of rotatable bonds is 5. The first-order valence-electron chi connectivity index (χ1n) is 7.90. The molecular weight excluding hydrogens is 327 g/mol. The van der Waals surface area contributed by atoms with Crippen LogP contribution in [-0.2, 0) is 11.3 Å². The van der Waals surface area contributed by atoms with Gasteiger partial charge in [-0.3, -0.25) is 4.79 Å². The first-order chi connectivity index (χ1) is 11.3. The quantitative estimate of drug-likeness (QED) is 0.854. The summed E-state index contributed by atoms with van der Waals surface area (Å²) in [5, 5.41) is 3.35. The Morgan fingerprint density at radius 2 is 1.83 bits per heavy atom. The molecule has 1 unspecified atom stereocenters. The van der Waals surface area contributed by atoms with Crippen molar-refractivity contribution in [1.29, 1.82) is 0 Å². The minimum atomic E-state index is -0.340. The van der Waals surface area contributed by atoms with E-state index in [-0.39, 0.29) is 18.3 Å². The van der Waals surface area contributed by atoms with Gasteiger partial charge in [0.15, 0.2) is 6.54 Å². The molecule has 0 heterocycles. The molecule has 0 bridgehead atoms. The van der Waals surface area contributed by atoms with E-state index in [0.29, 0.717) is 17.1 Å². The number of carbonyl (C=O) groups excluding carboxylic acids is 1. The van der Waals surface area contributed by atoms with E-state index in [1.807, 2.05) is 40.0 Å². The predicted molar refractivity (Wildman–Crippen MR) is 96.2 cm³/mol. The third-order valence-electron chi connectivity index (χ3n) is 3.94. The van der Waals surface area contributed by atoms with Gasteiger partial charge in [-0.25, -0.2) is 4.39 Å². The lowest BCUT2D eigenvalue weighted by molar-refractivity contribution is -0.885. The average molecular weight is 350 g/mol. The minimum absolute atomic E-state index is 0.102. The van der Waals surface area contributed by atoms with Crippen molar-refractivity contribution in [2.45, 2.75) is 27.3 Å². The molecule has 1 atom stereocenters. The normalized spacial score (nSPS) is 12.1. The molecule has 0 aliphatic rings. The molecule has 1 amide bonds. The maximum absolute atomic E-state index is 13.8. The number of nitrogens with one attached hydrogen (secondary N) is 2. The van der Waals surface area contributed by atoms with Crippen LogP contribution in [0.2, 0.25) is 5.02 Å². The lowest BCUT2D eigenvalue weighted by atomic mass is 10.1. The van der Waals surface area contributed by atoms with Crippen molar-refractivity contribution in [2.24, 2.45) is 0 Å². The van der Waals surface area contributed by atoms with Gasteiger partial charge in [0, 0.05) is 5.69 Å². The Labute approximate surface area is 147 Å². The molecule has 0 fully saturated rings. The molecule has 0 saturated carbocycles.